The van der Waals surface area contributed by atoms with Crippen molar-refractivity contribution in [3.05, 3.63) is 24.8 Å². The molecule has 4 atom stereocenters. The Morgan fingerprint density at radius 3 is 3.00 bits per heavy atom. The highest BCUT2D eigenvalue weighted by molar-refractivity contribution is 5.95. The molecule has 0 radical (unpaired) electrons. The summed E-state index contributed by atoms with van der Waals surface area (Å²) in [7, 11) is 0. The van der Waals surface area contributed by atoms with Crippen LogP contribution in [0.25, 0.3) is 0 Å². The van der Waals surface area contributed by atoms with Gasteiger partial charge in [-0.1, -0.05) is 19.1 Å². The first-order chi connectivity index (χ1) is 5.74. The molecular formula is C11H14O. The first-order valence-electron chi connectivity index (χ1n) is 4.58. The van der Waals surface area contributed by atoms with Gasteiger partial charge in [-0.05, 0) is 30.3 Å². The van der Waals surface area contributed by atoms with Gasteiger partial charge in [-0.3, -0.25) is 4.79 Å². The van der Waals surface area contributed by atoms with Gasteiger partial charge < -0.3 is 0 Å². The predicted molar refractivity (Wildman–Crippen MR) is 48.6 cm³/mol. The Morgan fingerprint density at radius 1 is 1.67 bits per heavy atom. The SMILES string of the molecule is C=C[C@H]1C[C@H]2C=CC(=O)[C@H]2[C@@H]1C. The van der Waals surface area contributed by atoms with E-state index in [1.54, 1.807) is 6.08 Å². The van der Waals surface area contributed by atoms with Gasteiger partial charge in [0.05, 0.1) is 0 Å². The van der Waals surface area contributed by atoms with E-state index in [4.69, 9.17) is 0 Å². The lowest BCUT2D eigenvalue weighted by molar-refractivity contribution is -0.118. The van der Waals surface area contributed by atoms with E-state index < -0.39 is 0 Å². The fourth-order valence-corrected chi connectivity index (χ4v) is 2.64. The molecule has 12 heavy (non-hydrogen) atoms. The van der Waals surface area contributed by atoms with E-state index in [0.29, 0.717) is 23.5 Å². The maximum Gasteiger partial charge on any atom is 0.159 e. The number of hydrogen-bond acceptors (Lipinski definition) is 1. The van der Waals surface area contributed by atoms with Crippen LogP contribution in [-0.4, -0.2) is 5.78 Å². The molecule has 2 rings (SSSR count). The Hall–Kier alpha value is -0.850. The third kappa shape index (κ3) is 0.889. The molecule has 0 aromatic rings. The summed E-state index contributed by atoms with van der Waals surface area (Å²) in [6.45, 7) is 5.98. The Bertz CT molecular complexity index is 252. The highest BCUT2D eigenvalue weighted by Gasteiger charge is 2.43. The molecule has 0 bridgehead atoms. The molecule has 0 saturated heterocycles. The van der Waals surface area contributed by atoms with Crippen LogP contribution < -0.4 is 0 Å². The van der Waals surface area contributed by atoms with Gasteiger partial charge in [0.1, 0.15) is 0 Å². The van der Waals surface area contributed by atoms with E-state index in [1.807, 2.05) is 6.08 Å². The molecule has 1 saturated carbocycles. The standard InChI is InChI=1S/C11H14O/c1-3-8-6-9-4-5-10(12)11(9)7(8)2/h3-5,7-9,11H,1,6H2,2H3/t7-,8+,9-,11+/m1/s1. The molecule has 0 aromatic heterocycles. The zero-order valence-electron chi connectivity index (χ0n) is 7.36. The predicted octanol–water partition coefficient (Wildman–Crippen LogP) is 2.20. The summed E-state index contributed by atoms with van der Waals surface area (Å²) >= 11 is 0. The van der Waals surface area contributed by atoms with Crippen molar-refractivity contribution in [2.45, 2.75) is 13.3 Å². The van der Waals surface area contributed by atoms with Crippen LogP contribution >= 0.6 is 0 Å². The molecule has 0 amide bonds. The molecule has 1 heteroatoms. The summed E-state index contributed by atoms with van der Waals surface area (Å²) in [6.07, 6.45) is 6.96. The van der Waals surface area contributed by atoms with Gasteiger partial charge in [-0.25, -0.2) is 0 Å². The van der Waals surface area contributed by atoms with Crippen molar-refractivity contribution in [1.82, 2.24) is 0 Å². The lowest BCUT2D eigenvalue weighted by Gasteiger charge is -2.14. The maximum absolute atomic E-state index is 11.4. The average molecular weight is 162 g/mol. The molecule has 64 valence electrons. The maximum atomic E-state index is 11.4. The minimum absolute atomic E-state index is 0.271. The molecule has 0 unspecified atom stereocenters. The number of rotatable bonds is 1. The molecule has 0 N–H and O–H groups in total. The van der Waals surface area contributed by atoms with Crippen molar-refractivity contribution in [1.29, 1.82) is 0 Å². The van der Waals surface area contributed by atoms with Crippen molar-refractivity contribution in [3.63, 3.8) is 0 Å². The average Bonchev–Trinajstić information content (AvgIpc) is 2.55. The molecular weight excluding hydrogens is 148 g/mol. The smallest absolute Gasteiger partial charge is 0.159 e. The summed E-state index contributed by atoms with van der Waals surface area (Å²) in [6, 6.07) is 0. The Labute approximate surface area is 73.2 Å². The van der Waals surface area contributed by atoms with Crippen molar-refractivity contribution in [3.8, 4) is 0 Å². The van der Waals surface area contributed by atoms with Crippen molar-refractivity contribution in [2.75, 3.05) is 0 Å². The van der Waals surface area contributed by atoms with Gasteiger partial charge in [0.2, 0.25) is 0 Å². The summed E-state index contributed by atoms with van der Waals surface area (Å²) in [5.41, 5.74) is 0. The topological polar surface area (TPSA) is 17.1 Å². The van der Waals surface area contributed by atoms with Crippen LogP contribution in [0.1, 0.15) is 13.3 Å². The van der Waals surface area contributed by atoms with Crippen molar-refractivity contribution >= 4 is 5.78 Å². The zero-order valence-corrected chi connectivity index (χ0v) is 7.36. The van der Waals surface area contributed by atoms with Gasteiger partial charge in [-0.15, -0.1) is 6.58 Å². The summed E-state index contributed by atoms with van der Waals surface area (Å²) in [4.78, 5) is 11.4. The van der Waals surface area contributed by atoms with E-state index in [-0.39, 0.29) is 5.92 Å². The zero-order chi connectivity index (χ0) is 8.72. The van der Waals surface area contributed by atoms with Crippen molar-refractivity contribution < 1.29 is 4.79 Å². The van der Waals surface area contributed by atoms with Crippen LogP contribution in [0.15, 0.2) is 24.8 Å². The van der Waals surface area contributed by atoms with E-state index in [2.05, 4.69) is 19.6 Å². The highest BCUT2D eigenvalue weighted by atomic mass is 16.1. The molecule has 2 aliphatic rings. The third-order valence-electron chi connectivity index (χ3n) is 3.39. The van der Waals surface area contributed by atoms with E-state index >= 15 is 0 Å². The summed E-state index contributed by atoms with van der Waals surface area (Å²) in [5, 5.41) is 0. The van der Waals surface area contributed by atoms with Crippen LogP contribution in [0.4, 0.5) is 0 Å². The van der Waals surface area contributed by atoms with Gasteiger partial charge >= 0.3 is 0 Å². The second kappa shape index (κ2) is 2.58. The lowest BCUT2D eigenvalue weighted by Crippen LogP contribution is -2.17. The van der Waals surface area contributed by atoms with Crippen LogP contribution in [-0.2, 0) is 4.79 Å². The molecule has 0 aromatic carbocycles. The summed E-state index contributed by atoms with van der Waals surface area (Å²) < 4.78 is 0. The van der Waals surface area contributed by atoms with Crippen LogP contribution in [0.3, 0.4) is 0 Å². The Balaban J connectivity index is 2.24. The molecule has 2 aliphatic carbocycles. The van der Waals surface area contributed by atoms with Gasteiger partial charge in [-0.2, -0.15) is 0 Å². The minimum Gasteiger partial charge on any atom is -0.295 e. The number of fused-ring (bicyclic) bond motifs is 1. The first kappa shape index (κ1) is 7.78. The second-order valence-corrected chi connectivity index (χ2v) is 3.95. The van der Waals surface area contributed by atoms with Crippen molar-refractivity contribution in [2.24, 2.45) is 23.7 Å². The number of allylic oxidation sites excluding steroid dienone is 3. The number of ketones is 1. The number of hydrogen-bond donors (Lipinski definition) is 0. The fourth-order valence-electron chi connectivity index (χ4n) is 2.64. The second-order valence-electron chi connectivity index (χ2n) is 3.95. The van der Waals surface area contributed by atoms with Gasteiger partial charge in [0.25, 0.3) is 0 Å². The Morgan fingerprint density at radius 2 is 2.42 bits per heavy atom. The lowest BCUT2D eigenvalue weighted by atomic mass is 9.88. The fraction of sp³-hybridized carbons (Fsp3) is 0.545. The molecule has 0 heterocycles. The Kier molecular flexibility index (Phi) is 1.67. The largest absolute Gasteiger partial charge is 0.295 e. The number of carbonyl (C=O) groups excluding carboxylic acids is 1. The quantitative estimate of drug-likeness (QED) is 0.540. The van der Waals surface area contributed by atoms with E-state index in [9.17, 15) is 4.79 Å². The number of carbonyl (C=O) groups is 1. The van der Waals surface area contributed by atoms with Gasteiger partial charge in [0.15, 0.2) is 5.78 Å². The molecule has 0 spiro atoms. The van der Waals surface area contributed by atoms with Crippen LogP contribution in [0, 0.1) is 23.7 Å². The molecule has 1 fully saturated rings. The normalized spacial score (nSPS) is 44.9. The third-order valence-corrected chi connectivity index (χ3v) is 3.39. The summed E-state index contributed by atoms with van der Waals surface area (Å²) in [5.74, 6) is 2.16. The van der Waals surface area contributed by atoms with E-state index in [1.165, 1.54) is 0 Å². The van der Waals surface area contributed by atoms with Crippen LogP contribution in [0.2, 0.25) is 0 Å². The molecule has 1 nitrogen and oxygen atoms in total. The minimum atomic E-state index is 0.271. The first-order valence-corrected chi connectivity index (χ1v) is 4.58. The van der Waals surface area contributed by atoms with E-state index in [0.717, 1.165) is 6.42 Å². The van der Waals surface area contributed by atoms with Gasteiger partial charge in [0, 0.05) is 5.92 Å². The highest BCUT2D eigenvalue weighted by Crippen LogP contribution is 2.45. The molecule has 0 aliphatic heterocycles. The van der Waals surface area contributed by atoms with Crippen LogP contribution in [0.5, 0.6) is 0 Å². The monoisotopic (exact) mass is 162 g/mol.